The van der Waals surface area contributed by atoms with Gasteiger partial charge >= 0.3 is 0 Å². The molecule has 1 rings (SSSR count). The van der Waals surface area contributed by atoms with Crippen LogP contribution in [0.2, 0.25) is 0 Å². The summed E-state index contributed by atoms with van der Waals surface area (Å²) in [6.45, 7) is 9.50. The van der Waals surface area contributed by atoms with Crippen LogP contribution in [0, 0.1) is 6.92 Å². The molecule has 0 aliphatic heterocycles. The van der Waals surface area contributed by atoms with Crippen LogP contribution in [0.3, 0.4) is 0 Å². The Morgan fingerprint density at radius 3 is 2.43 bits per heavy atom. The molecule has 1 aromatic carbocycles. The second kappa shape index (κ2) is 4.11. The molecule has 0 heterocycles. The van der Waals surface area contributed by atoms with Crippen LogP contribution < -0.4 is 11.3 Å². The Morgan fingerprint density at radius 1 is 1.29 bits per heavy atom. The Morgan fingerprint density at radius 2 is 1.93 bits per heavy atom. The highest BCUT2D eigenvalue weighted by molar-refractivity contribution is 5.34. The second-order valence-corrected chi connectivity index (χ2v) is 4.77. The van der Waals surface area contributed by atoms with E-state index in [1.807, 2.05) is 0 Å². The molecule has 14 heavy (non-hydrogen) atoms. The highest BCUT2D eigenvalue weighted by atomic mass is 15.2. The molecule has 0 radical (unpaired) electrons. The largest absolute Gasteiger partial charge is 0.271 e. The quantitative estimate of drug-likeness (QED) is 0.557. The van der Waals surface area contributed by atoms with Crippen molar-refractivity contribution >= 4 is 0 Å². The van der Waals surface area contributed by atoms with E-state index >= 15 is 0 Å². The molecule has 0 spiro atoms. The van der Waals surface area contributed by atoms with Gasteiger partial charge in [-0.1, -0.05) is 39.0 Å². The molecule has 0 unspecified atom stereocenters. The first-order valence-corrected chi connectivity index (χ1v) is 4.98. The van der Waals surface area contributed by atoms with Crippen LogP contribution in [-0.4, -0.2) is 0 Å². The van der Waals surface area contributed by atoms with Gasteiger partial charge in [0.05, 0.1) is 0 Å². The average Bonchev–Trinajstić information content (AvgIpc) is 2.07. The van der Waals surface area contributed by atoms with Crippen LogP contribution >= 0.6 is 0 Å². The lowest BCUT2D eigenvalue weighted by atomic mass is 9.85. The van der Waals surface area contributed by atoms with Crippen LogP contribution in [0.25, 0.3) is 0 Å². The summed E-state index contributed by atoms with van der Waals surface area (Å²) in [5, 5.41) is 0. The number of nitrogens with one attached hydrogen (secondary N) is 1. The number of aryl methyl sites for hydroxylation is 1. The maximum Gasteiger partial charge on any atom is 0.0351 e. The standard InChI is InChI=1S/C12H20N2/c1-9-5-6-11(12(2,3)4)7-10(9)8-14-13/h5-7,14H,8,13H2,1-4H3. The van der Waals surface area contributed by atoms with Crippen LogP contribution in [0.15, 0.2) is 18.2 Å². The maximum atomic E-state index is 5.34. The van der Waals surface area contributed by atoms with E-state index in [-0.39, 0.29) is 5.41 Å². The monoisotopic (exact) mass is 192 g/mol. The molecule has 0 saturated carbocycles. The summed E-state index contributed by atoms with van der Waals surface area (Å²) >= 11 is 0. The number of hydrogen-bond donors (Lipinski definition) is 2. The number of nitrogens with two attached hydrogens (primary N) is 1. The van der Waals surface area contributed by atoms with Crippen LogP contribution in [0.5, 0.6) is 0 Å². The first-order valence-electron chi connectivity index (χ1n) is 4.98. The summed E-state index contributed by atoms with van der Waals surface area (Å²) < 4.78 is 0. The minimum Gasteiger partial charge on any atom is -0.271 e. The summed E-state index contributed by atoms with van der Waals surface area (Å²) in [4.78, 5) is 0. The van der Waals surface area contributed by atoms with Gasteiger partial charge in [0, 0.05) is 6.54 Å². The third-order valence-corrected chi connectivity index (χ3v) is 2.51. The van der Waals surface area contributed by atoms with Crippen molar-refractivity contribution in [2.45, 2.75) is 39.7 Å². The van der Waals surface area contributed by atoms with Gasteiger partial charge in [-0.25, -0.2) is 0 Å². The van der Waals surface area contributed by atoms with E-state index in [1.54, 1.807) is 0 Å². The SMILES string of the molecule is Cc1ccc(C(C)(C)C)cc1CNN. The molecule has 0 saturated heterocycles. The maximum absolute atomic E-state index is 5.34. The number of hydrazine groups is 1. The fourth-order valence-corrected chi connectivity index (χ4v) is 1.44. The van der Waals surface area contributed by atoms with E-state index in [0.29, 0.717) is 0 Å². The van der Waals surface area contributed by atoms with Gasteiger partial charge in [0.1, 0.15) is 0 Å². The predicted octanol–water partition coefficient (Wildman–Crippen LogP) is 2.26. The topological polar surface area (TPSA) is 38.0 Å². The van der Waals surface area contributed by atoms with Crippen LogP contribution in [0.4, 0.5) is 0 Å². The van der Waals surface area contributed by atoms with Gasteiger partial charge in [-0.3, -0.25) is 11.3 Å². The van der Waals surface area contributed by atoms with Gasteiger partial charge in [-0.2, -0.15) is 0 Å². The van der Waals surface area contributed by atoms with Crippen molar-refractivity contribution in [3.05, 3.63) is 34.9 Å². The van der Waals surface area contributed by atoms with Crippen molar-refractivity contribution in [3.63, 3.8) is 0 Å². The number of rotatable bonds is 2. The van der Waals surface area contributed by atoms with Crippen molar-refractivity contribution in [1.82, 2.24) is 5.43 Å². The van der Waals surface area contributed by atoms with Crippen molar-refractivity contribution in [2.24, 2.45) is 5.84 Å². The minimum atomic E-state index is 0.205. The predicted molar refractivity (Wildman–Crippen MR) is 60.9 cm³/mol. The molecule has 2 heteroatoms. The normalized spacial score (nSPS) is 11.8. The highest BCUT2D eigenvalue weighted by Gasteiger charge is 2.14. The summed E-state index contributed by atoms with van der Waals surface area (Å²) in [5.41, 5.74) is 6.83. The fraction of sp³-hybridized carbons (Fsp3) is 0.500. The van der Waals surface area contributed by atoms with Crippen molar-refractivity contribution in [1.29, 1.82) is 0 Å². The lowest BCUT2D eigenvalue weighted by Gasteiger charge is -2.20. The number of hydrogen-bond acceptors (Lipinski definition) is 2. The first-order chi connectivity index (χ1) is 6.45. The molecular weight excluding hydrogens is 172 g/mol. The van der Waals surface area contributed by atoms with Crippen LogP contribution in [-0.2, 0) is 12.0 Å². The van der Waals surface area contributed by atoms with Gasteiger partial charge in [-0.15, -0.1) is 0 Å². The Balaban J connectivity index is 3.06. The summed E-state index contributed by atoms with van der Waals surface area (Å²) in [6, 6.07) is 6.58. The molecule has 1 aromatic rings. The van der Waals surface area contributed by atoms with Gasteiger partial charge in [0.15, 0.2) is 0 Å². The third-order valence-electron chi connectivity index (χ3n) is 2.51. The molecular formula is C12H20N2. The molecule has 0 aliphatic carbocycles. The molecule has 2 nitrogen and oxygen atoms in total. The van der Waals surface area contributed by atoms with Crippen molar-refractivity contribution in [3.8, 4) is 0 Å². The van der Waals surface area contributed by atoms with E-state index in [4.69, 9.17) is 5.84 Å². The third kappa shape index (κ3) is 2.56. The lowest BCUT2D eigenvalue weighted by molar-refractivity contribution is 0.588. The van der Waals surface area contributed by atoms with Crippen molar-refractivity contribution in [2.75, 3.05) is 0 Å². The first kappa shape index (κ1) is 11.2. The molecule has 0 fully saturated rings. The van der Waals surface area contributed by atoms with Gasteiger partial charge in [0.2, 0.25) is 0 Å². The van der Waals surface area contributed by atoms with Gasteiger partial charge in [0.25, 0.3) is 0 Å². The Labute approximate surface area is 86.5 Å². The van der Waals surface area contributed by atoms with Gasteiger partial charge in [-0.05, 0) is 29.0 Å². The van der Waals surface area contributed by atoms with E-state index in [0.717, 1.165) is 6.54 Å². The minimum absolute atomic E-state index is 0.205. The summed E-state index contributed by atoms with van der Waals surface area (Å²) in [6.07, 6.45) is 0. The van der Waals surface area contributed by atoms with E-state index in [1.165, 1.54) is 16.7 Å². The van der Waals surface area contributed by atoms with Crippen molar-refractivity contribution < 1.29 is 0 Å². The smallest absolute Gasteiger partial charge is 0.0351 e. The molecule has 0 atom stereocenters. The zero-order valence-electron chi connectivity index (χ0n) is 9.52. The lowest BCUT2D eigenvalue weighted by Crippen LogP contribution is -2.22. The fourth-order valence-electron chi connectivity index (χ4n) is 1.44. The van der Waals surface area contributed by atoms with E-state index in [2.05, 4.69) is 51.3 Å². The molecule has 0 bridgehead atoms. The molecule has 0 aromatic heterocycles. The summed E-state index contributed by atoms with van der Waals surface area (Å²) in [5.74, 6) is 5.34. The molecule has 78 valence electrons. The zero-order valence-corrected chi connectivity index (χ0v) is 9.52. The zero-order chi connectivity index (χ0) is 10.8. The molecule has 0 aliphatic rings. The highest BCUT2D eigenvalue weighted by Crippen LogP contribution is 2.24. The molecule has 0 amide bonds. The molecule has 3 N–H and O–H groups in total. The Bertz CT molecular complexity index is 311. The second-order valence-electron chi connectivity index (χ2n) is 4.77. The number of benzene rings is 1. The Kier molecular flexibility index (Phi) is 3.29. The Hall–Kier alpha value is -0.860. The summed E-state index contributed by atoms with van der Waals surface area (Å²) in [7, 11) is 0. The van der Waals surface area contributed by atoms with E-state index < -0.39 is 0 Å². The van der Waals surface area contributed by atoms with Gasteiger partial charge < -0.3 is 0 Å². The average molecular weight is 192 g/mol. The van der Waals surface area contributed by atoms with E-state index in [9.17, 15) is 0 Å². The van der Waals surface area contributed by atoms with Crippen LogP contribution in [0.1, 0.15) is 37.5 Å².